The number of rotatable bonds is 5. The summed E-state index contributed by atoms with van der Waals surface area (Å²) in [6, 6.07) is 19.4. The fraction of sp³-hybridized carbons (Fsp3) is 0.355. The lowest BCUT2D eigenvalue weighted by molar-refractivity contribution is -0.113. The molecule has 0 spiro atoms. The molecule has 4 heterocycles. The van der Waals surface area contributed by atoms with Gasteiger partial charge in [-0.25, -0.2) is 14.6 Å². The highest BCUT2D eigenvalue weighted by atomic mass is 19.3. The number of carbonyl (C=O) groups is 1. The Morgan fingerprint density at radius 2 is 1.68 bits per heavy atom. The number of ether oxygens (including phenoxy) is 1. The van der Waals surface area contributed by atoms with E-state index in [0.29, 0.717) is 22.9 Å². The zero-order chi connectivity index (χ0) is 29.1. The van der Waals surface area contributed by atoms with Gasteiger partial charge in [-0.3, -0.25) is 9.78 Å². The number of hydrogen-bond acceptors (Lipinski definition) is 6. The van der Waals surface area contributed by atoms with Gasteiger partial charge in [-0.1, -0.05) is 36.4 Å². The Morgan fingerprint density at radius 1 is 1.05 bits per heavy atom. The highest BCUT2D eigenvalue weighted by molar-refractivity contribution is 6.09. The number of amides is 1. The van der Waals surface area contributed by atoms with Crippen LogP contribution in [0.3, 0.4) is 0 Å². The molecule has 10 heteroatoms. The molecule has 2 saturated heterocycles. The Kier molecular flexibility index (Phi) is 8.23. The first-order valence-electron chi connectivity index (χ1n) is 13.8. The van der Waals surface area contributed by atoms with E-state index in [-0.39, 0.29) is 0 Å². The van der Waals surface area contributed by atoms with E-state index >= 15 is 0 Å². The summed E-state index contributed by atoms with van der Waals surface area (Å²) in [6.45, 7) is 2.95. The third-order valence-corrected chi connectivity index (χ3v) is 7.53. The minimum Gasteiger partial charge on any atom is -0.401 e. The number of halogens is 2. The molecule has 0 atom stereocenters. The molecule has 4 N–H and O–H groups in total. The molecule has 41 heavy (non-hydrogen) atoms. The van der Waals surface area contributed by atoms with Crippen molar-refractivity contribution in [1.29, 1.82) is 0 Å². The van der Waals surface area contributed by atoms with E-state index in [1.165, 1.54) is 9.91 Å². The van der Waals surface area contributed by atoms with Crippen molar-refractivity contribution in [1.82, 2.24) is 19.5 Å². The van der Waals surface area contributed by atoms with Crippen molar-refractivity contribution >= 4 is 33.5 Å². The van der Waals surface area contributed by atoms with Gasteiger partial charge in [-0.2, -0.15) is 0 Å². The van der Waals surface area contributed by atoms with Crippen LogP contribution in [0.2, 0.25) is 0 Å². The largest absolute Gasteiger partial charge is 0.401 e. The molecule has 0 saturated carbocycles. The van der Waals surface area contributed by atoms with Crippen molar-refractivity contribution in [2.24, 2.45) is 17.5 Å². The second kappa shape index (κ2) is 11.8. The van der Waals surface area contributed by atoms with Crippen LogP contribution in [-0.4, -0.2) is 64.6 Å². The first-order valence-corrected chi connectivity index (χ1v) is 13.8. The minimum atomic E-state index is -2.81. The highest BCUT2D eigenvalue weighted by Gasteiger charge is 2.46. The Bertz CT molecular complexity index is 1520. The molecule has 6 rings (SSSR count). The summed E-state index contributed by atoms with van der Waals surface area (Å²) in [5.41, 5.74) is 11.1. The molecule has 2 aliphatic heterocycles. The zero-order valence-corrected chi connectivity index (χ0v) is 23.4. The average molecular weight is 563 g/mol. The molecule has 2 fully saturated rings. The molecule has 4 aromatic rings. The molecular weight excluding hydrogens is 526 g/mol. The van der Waals surface area contributed by atoms with Crippen LogP contribution >= 0.6 is 0 Å². The monoisotopic (exact) mass is 562 g/mol. The first-order chi connectivity index (χ1) is 19.6. The Morgan fingerprint density at radius 3 is 2.24 bits per heavy atom. The van der Waals surface area contributed by atoms with Crippen LogP contribution in [0.4, 0.5) is 8.78 Å². The summed E-state index contributed by atoms with van der Waals surface area (Å²) in [7, 11) is 1.73. The van der Waals surface area contributed by atoms with Crippen molar-refractivity contribution < 1.29 is 18.3 Å². The number of benzene rings is 2. The average Bonchev–Trinajstić information content (AvgIpc) is 3.25. The summed E-state index contributed by atoms with van der Waals surface area (Å²) < 4.78 is 34.4. The molecule has 2 aliphatic rings. The standard InChI is InChI=1S/C25H30F2N6O2.C6H6/c1-15(28)23(31(2)29)18-10-21-22(30-11-18)19-9-17(24(34)32-13-25(26,27)14-32)3-4-20(19)33(21)12-16-5-7-35-8-6-16;1-2-4-6-5-3-1/h3-4,9-11,16H,5-8,12-14,28-29H2,1-2H3;1-6H/b23-15-;. The number of aromatic nitrogens is 2. The van der Waals surface area contributed by atoms with Crippen LogP contribution in [0.5, 0.6) is 0 Å². The normalized spacial score (nSPS) is 17.4. The maximum absolute atomic E-state index is 13.3. The van der Waals surface area contributed by atoms with E-state index in [9.17, 15) is 13.6 Å². The van der Waals surface area contributed by atoms with Crippen LogP contribution in [0, 0.1) is 5.92 Å². The van der Waals surface area contributed by atoms with E-state index in [4.69, 9.17) is 21.3 Å². The topological polar surface area (TPSA) is 103 Å². The SMILES string of the molecule is C/C(N)=C(\c1cnc2c3cc(C(=O)N4CC(F)(F)C4)ccc3n(CC3CCOCC3)c2c1)N(C)N.c1ccccc1. The van der Waals surface area contributed by atoms with Crippen LogP contribution in [0.25, 0.3) is 27.6 Å². The fourth-order valence-electron chi connectivity index (χ4n) is 5.54. The van der Waals surface area contributed by atoms with Crippen LogP contribution in [0.1, 0.15) is 35.7 Å². The van der Waals surface area contributed by atoms with Gasteiger partial charge in [0.1, 0.15) is 0 Å². The Hall–Kier alpha value is -4.02. The van der Waals surface area contributed by atoms with Crippen molar-refractivity contribution in [2.75, 3.05) is 33.4 Å². The molecule has 1 amide bonds. The number of hydrogen-bond donors (Lipinski definition) is 2. The molecular formula is C31H36F2N6O2. The number of fused-ring (bicyclic) bond motifs is 3. The van der Waals surface area contributed by atoms with E-state index in [1.54, 1.807) is 32.3 Å². The number of hydrazine groups is 1. The third-order valence-electron chi connectivity index (χ3n) is 7.53. The number of likely N-dealkylation sites (tertiary alicyclic amines) is 1. The molecule has 0 unspecified atom stereocenters. The first kappa shape index (κ1) is 28.5. The summed E-state index contributed by atoms with van der Waals surface area (Å²) in [6.07, 6.45) is 3.65. The quantitative estimate of drug-likeness (QED) is 0.266. The van der Waals surface area contributed by atoms with Crippen molar-refractivity contribution in [3.05, 3.63) is 83.7 Å². The molecule has 2 aromatic carbocycles. The summed E-state index contributed by atoms with van der Waals surface area (Å²) in [5, 5.41) is 2.29. The van der Waals surface area contributed by atoms with Gasteiger partial charge in [0.05, 0.1) is 35.3 Å². The van der Waals surface area contributed by atoms with Crippen LogP contribution in [-0.2, 0) is 11.3 Å². The van der Waals surface area contributed by atoms with Crippen LogP contribution < -0.4 is 11.6 Å². The summed E-state index contributed by atoms with van der Waals surface area (Å²) in [5.74, 6) is 3.29. The molecule has 0 radical (unpaired) electrons. The van der Waals surface area contributed by atoms with Crippen molar-refractivity contribution in [2.45, 2.75) is 32.2 Å². The summed E-state index contributed by atoms with van der Waals surface area (Å²) in [4.78, 5) is 18.7. The van der Waals surface area contributed by atoms with E-state index in [0.717, 1.165) is 60.1 Å². The molecule has 216 valence electrons. The number of pyridine rings is 1. The lowest BCUT2D eigenvalue weighted by atomic mass is 10.00. The van der Waals surface area contributed by atoms with Gasteiger partial charge in [-0.05, 0) is 49.9 Å². The van der Waals surface area contributed by atoms with E-state index < -0.39 is 24.9 Å². The fourth-order valence-corrected chi connectivity index (χ4v) is 5.54. The van der Waals surface area contributed by atoms with Gasteiger partial charge in [0, 0.05) is 55.2 Å². The lowest BCUT2D eigenvalue weighted by Crippen LogP contribution is -2.58. The molecule has 0 bridgehead atoms. The van der Waals surface area contributed by atoms with Gasteiger partial charge in [0.2, 0.25) is 0 Å². The third kappa shape index (κ3) is 6.18. The Balaban J connectivity index is 0.000000500. The van der Waals surface area contributed by atoms with E-state index in [2.05, 4.69) is 4.57 Å². The van der Waals surface area contributed by atoms with E-state index in [1.807, 2.05) is 48.5 Å². The minimum absolute atomic E-state index is 0.379. The molecule has 0 aliphatic carbocycles. The molecule has 8 nitrogen and oxygen atoms in total. The predicted molar refractivity (Wildman–Crippen MR) is 157 cm³/mol. The van der Waals surface area contributed by atoms with Crippen LogP contribution in [0.15, 0.2) is 72.6 Å². The van der Waals surface area contributed by atoms with Gasteiger partial charge in [0.25, 0.3) is 11.8 Å². The smallest absolute Gasteiger partial charge is 0.282 e. The lowest BCUT2D eigenvalue weighted by Gasteiger charge is -2.38. The number of allylic oxidation sites excluding steroid dienone is 1. The van der Waals surface area contributed by atoms with Gasteiger partial charge in [0.15, 0.2) is 0 Å². The van der Waals surface area contributed by atoms with Crippen molar-refractivity contribution in [3.63, 3.8) is 0 Å². The van der Waals surface area contributed by atoms with Gasteiger partial charge >= 0.3 is 0 Å². The van der Waals surface area contributed by atoms with Gasteiger partial charge < -0.3 is 24.9 Å². The number of nitrogens with zero attached hydrogens (tertiary/aromatic N) is 4. The molecule has 2 aromatic heterocycles. The number of nitrogens with two attached hydrogens (primary N) is 2. The maximum Gasteiger partial charge on any atom is 0.282 e. The number of carbonyl (C=O) groups excluding carboxylic acids is 1. The summed E-state index contributed by atoms with van der Waals surface area (Å²) >= 11 is 0. The Labute approximate surface area is 238 Å². The maximum atomic E-state index is 13.3. The number of alkyl halides is 2. The predicted octanol–water partition coefficient (Wildman–Crippen LogP) is 4.85. The highest BCUT2D eigenvalue weighted by Crippen LogP contribution is 2.34. The second-order valence-corrected chi connectivity index (χ2v) is 10.8. The van der Waals surface area contributed by atoms with Gasteiger partial charge in [-0.15, -0.1) is 0 Å². The van der Waals surface area contributed by atoms with Crippen molar-refractivity contribution in [3.8, 4) is 0 Å². The zero-order valence-electron chi connectivity index (χ0n) is 23.4. The second-order valence-electron chi connectivity index (χ2n) is 10.8.